The van der Waals surface area contributed by atoms with Crippen molar-refractivity contribution in [2.24, 2.45) is 5.41 Å². The lowest BCUT2D eigenvalue weighted by Crippen LogP contribution is -2.41. The van der Waals surface area contributed by atoms with E-state index in [0.29, 0.717) is 0 Å². The van der Waals surface area contributed by atoms with E-state index in [0.717, 1.165) is 21.4 Å². The van der Waals surface area contributed by atoms with Crippen molar-refractivity contribution in [2.45, 2.75) is 20.8 Å². The maximum absolute atomic E-state index is 13.0. The molecule has 3 aromatic rings. The Kier molecular flexibility index (Phi) is 6.57. The van der Waals surface area contributed by atoms with E-state index in [9.17, 15) is 4.79 Å². The minimum absolute atomic E-state index is 0.0587. The summed E-state index contributed by atoms with van der Waals surface area (Å²) in [7, 11) is -2.39. The molecule has 3 aromatic carbocycles. The number of halogens is 1. The lowest BCUT2D eigenvalue weighted by atomic mass is 9.96. The molecule has 0 bridgehead atoms. The maximum atomic E-state index is 13.0. The highest BCUT2D eigenvalue weighted by atomic mass is 35.5. The highest BCUT2D eigenvalue weighted by Gasteiger charge is 2.51. The van der Waals surface area contributed by atoms with E-state index in [4.69, 9.17) is 11.6 Å². The fourth-order valence-electron chi connectivity index (χ4n) is 3.31. The molecule has 1 amide bonds. The fraction of sp³-hybridized carbons (Fsp3) is 0.160. The highest BCUT2D eigenvalue weighted by Crippen LogP contribution is 2.61. The van der Waals surface area contributed by atoms with E-state index < -0.39 is 12.7 Å². The van der Waals surface area contributed by atoms with Gasteiger partial charge in [0, 0.05) is 5.41 Å². The van der Waals surface area contributed by atoms with Crippen LogP contribution in [0.2, 0.25) is 0 Å². The summed E-state index contributed by atoms with van der Waals surface area (Å²) < 4.78 is 0. The quantitative estimate of drug-likeness (QED) is 0.564. The summed E-state index contributed by atoms with van der Waals surface area (Å²) in [5.41, 5.74) is 1.75. The second kappa shape index (κ2) is 8.95. The summed E-state index contributed by atoms with van der Waals surface area (Å²) >= 11 is 6.45. The number of benzene rings is 3. The van der Waals surface area contributed by atoms with Gasteiger partial charge in [-0.15, -0.1) is 0 Å². The monoisotopic (exact) mass is 422 g/mol. The van der Waals surface area contributed by atoms with Gasteiger partial charge >= 0.3 is 0 Å². The number of rotatable bonds is 5. The molecule has 0 radical (unpaired) electrons. The van der Waals surface area contributed by atoms with Crippen LogP contribution < -0.4 is 21.2 Å². The zero-order valence-corrected chi connectivity index (χ0v) is 18.6. The molecule has 3 rings (SSSR count). The van der Waals surface area contributed by atoms with E-state index in [1.165, 1.54) is 0 Å². The number of hydrogen-bond donors (Lipinski definition) is 1. The van der Waals surface area contributed by atoms with Gasteiger partial charge in [-0.25, -0.2) is 0 Å². The van der Waals surface area contributed by atoms with Crippen LogP contribution in [0.15, 0.2) is 102 Å². The summed E-state index contributed by atoms with van der Waals surface area (Å²) in [6, 6.07) is 31.0. The average Bonchev–Trinajstić information content (AvgIpc) is 2.75. The van der Waals surface area contributed by atoms with Gasteiger partial charge in [0.2, 0.25) is 5.91 Å². The van der Waals surface area contributed by atoms with Crippen molar-refractivity contribution in [3.8, 4) is 0 Å². The molecule has 2 nitrogen and oxygen atoms in total. The molecule has 29 heavy (non-hydrogen) atoms. The van der Waals surface area contributed by atoms with Crippen LogP contribution in [0, 0.1) is 5.41 Å². The molecule has 0 aliphatic rings. The molecule has 4 heteroatoms. The zero-order valence-electron chi connectivity index (χ0n) is 17.0. The first kappa shape index (κ1) is 21.3. The summed E-state index contributed by atoms with van der Waals surface area (Å²) in [5.74, 6) is -0.0587. The minimum Gasteiger partial charge on any atom is -0.295 e. The summed E-state index contributed by atoms with van der Waals surface area (Å²) in [6.45, 7) is 5.71. The summed E-state index contributed by atoms with van der Waals surface area (Å²) in [5, 5.41) is 6.60. The van der Waals surface area contributed by atoms with Crippen molar-refractivity contribution in [3.63, 3.8) is 0 Å². The molecule has 0 aromatic heterocycles. The molecule has 0 aliphatic carbocycles. The van der Waals surface area contributed by atoms with E-state index in [-0.39, 0.29) is 5.91 Å². The van der Waals surface area contributed by atoms with Crippen molar-refractivity contribution in [1.29, 1.82) is 0 Å². The Morgan fingerprint density at radius 2 is 1.10 bits per heavy atom. The van der Waals surface area contributed by atoms with Crippen LogP contribution in [0.3, 0.4) is 0 Å². The number of amides is 1. The Morgan fingerprint density at radius 3 is 1.38 bits per heavy atom. The second-order valence-corrected chi connectivity index (χ2v) is 11.5. The Hall–Kier alpha value is -2.41. The van der Waals surface area contributed by atoms with Gasteiger partial charge < -0.3 is 0 Å². The molecule has 0 unspecified atom stereocenters. The van der Waals surface area contributed by atoms with Crippen LogP contribution in [0.25, 0.3) is 0 Å². The van der Waals surface area contributed by atoms with Crippen molar-refractivity contribution < 1.29 is 4.79 Å². The van der Waals surface area contributed by atoms with Crippen molar-refractivity contribution in [3.05, 3.63) is 102 Å². The van der Waals surface area contributed by atoms with E-state index >= 15 is 0 Å². The number of nitrogens with one attached hydrogen (secondary N) is 1. The van der Waals surface area contributed by atoms with Gasteiger partial charge in [0.25, 0.3) is 0 Å². The highest BCUT2D eigenvalue weighted by molar-refractivity contribution is 7.99. The van der Waals surface area contributed by atoms with E-state index in [1.54, 1.807) is 5.54 Å². The third-order valence-corrected chi connectivity index (χ3v) is 9.37. The first-order valence-corrected chi connectivity index (χ1v) is 11.8. The minimum atomic E-state index is -2.39. The topological polar surface area (TPSA) is 29.1 Å². The number of hydrogen-bond acceptors (Lipinski definition) is 1. The third kappa shape index (κ3) is 4.29. The zero-order chi connectivity index (χ0) is 20.9. The molecule has 148 valence electrons. The maximum Gasteiger partial charge on any atom is 0.232 e. The van der Waals surface area contributed by atoms with Crippen LogP contribution in [-0.4, -0.2) is 5.91 Å². The predicted molar refractivity (Wildman–Crippen MR) is 127 cm³/mol. The summed E-state index contributed by atoms with van der Waals surface area (Å²) in [4.78, 5) is 13.0. The molecule has 0 atom stereocenters. The number of carbonyl (C=O) groups excluding carboxylic acids is 1. The van der Waals surface area contributed by atoms with Gasteiger partial charge in [-0.2, -0.15) is 0 Å². The van der Waals surface area contributed by atoms with Crippen molar-refractivity contribution >= 4 is 40.7 Å². The van der Waals surface area contributed by atoms with Crippen LogP contribution in [-0.2, 0) is 4.79 Å². The van der Waals surface area contributed by atoms with Gasteiger partial charge in [-0.3, -0.25) is 10.1 Å². The normalized spacial score (nSPS) is 12.5. The van der Waals surface area contributed by atoms with Crippen LogP contribution in [0.4, 0.5) is 0 Å². The molecule has 0 saturated heterocycles. The largest absolute Gasteiger partial charge is 0.295 e. The molecule has 0 saturated carbocycles. The first-order valence-electron chi connectivity index (χ1n) is 9.59. The van der Waals surface area contributed by atoms with Crippen LogP contribution >= 0.6 is 18.9 Å². The van der Waals surface area contributed by atoms with Gasteiger partial charge in [-0.05, 0) is 36.4 Å². The SMILES string of the molecule is CC(C)(C)C(=O)NC(=CCl)[P+](c1ccccc1)(c1ccccc1)c1ccccc1. The third-order valence-electron chi connectivity index (χ3n) is 4.82. The average molecular weight is 423 g/mol. The van der Waals surface area contributed by atoms with Crippen molar-refractivity contribution in [2.75, 3.05) is 0 Å². The van der Waals surface area contributed by atoms with Gasteiger partial charge in [0.05, 0.1) is 5.54 Å². The number of carbonyl (C=O) groups is 1. The first-order chi connectivity index (χ1) is 13.9. The fourth-order valence-corrected chi connectivity index (χ4v) is 7.80. The van der Waals surface area contributed by atoms with Gasteiger partial charge in [0.1, 0.15) is 15.9 Å². The summed E-state index contributed by atoms with van der Waals surface area (Å²) in [6.07, 6.45) is 0. The molecule has 0 fully saturated rings. The smallest absolute Gasteiger partial charge is 0.232 e. The molecular formula is C25H26ClNOP+. The lowest BCUT2D eigenvalue weighted by Gasteiger charge is -2.30. The standard InChI is InChI=1S/C25H25ClNOP/c1-25(2,3)24(28)27-23(19-26)29(20-13-7-4-8-14-20,21-15-9-5-10-16-21)22-17-11-6-12-18-22/h4-19H,1-3H3/p+1. The molecular weight excluding hydrogens is 397 g/mol. The van der Waals surface area contributed by atoms with E-state index in [1.807, 2.05) is 75.4 Å². The van der Waals surface area contributed by atoms with Crippen LogP contribution in [0.1, 0.15) is 20.8 Å². The molecule has 0 aliphatic heterocycles. The van der Waals surface area contributed by atoms with Crippen molar-refractivity contribution in [1.82, 2.24) is 5.32 Å². The molecule has 1 N–H and O–H groups in total. The predicted octanol–water partition coefficient (Wildman–Crippen LogP) is 5.18. The van der Waals surface area contributed by atoms with Crippen LogP contribution in [0.5, 0.6) is 0 Å². The lowest BCUT2D eigenvalue weighted by molar-refractivity contribution is -0.127. The molecule has 0 spiro atoms. The Bertz CT molecular complexity index is 883. The van der Waals surface area contributed by atoms with Gasteiger partial charge in [0.15, 0.2) is 12.7 Å². The van der Waals surface area contributed by atoms with E-state index in [2.05, 4.69) is 41.7 Å². The Labute approximate surface area is 179 Å². The molecule has 0 heterocycles. The van der Waals surface area contributed by atoms with Gasteiger partial charge in [-0.1, -0.05) is 87.0 Å². The second-order valence-electron chi connectivity index (χ2n) is 7.88. The Balaban J connectivity index is 2.35. The Morgan fingerprint density at radius 1 is 0.759 bits per heavy atom.